The van der Waals surface area contributed by atoms with Crippen LogP contribution >= 0.6 is 0 Å². The Hall–Kier alpha value is -2.18. The molecular weight excluding hydrogens is 232 g/mol. The quantitative estimate of drug-likeness (QED) is 0.872. The molecule has 2 N–H and O–H groups in total. The normalized spacial score (nSPS) is 10.9. The first-order valence-electron chi connectivity index (χ1n) is 5.66. The minimum atomic E-state index is -0.0229. The third-order valence-electron chi connectivity index (χ3n) is 2.43. The van der Waals surface area contributed by atoms with Crippen molar-refractivity contribution in [3.63, 3.8) is 0 Å². The van der Waals surface area contributed by atoms with Gasteiger partial charge in [-0.1, -0.05) is 0 Å². The van der Waals surface area contributed by atoms with Crippen LogP contribution in [-0.4, -0.2) is 30.6 Å². The lowest BCUT2D eigenvalue weighted by Crippen LogP contribution is -2.13. The summed E-state index contributed by atoms with van der Waals surface area (Å²) in [5.74, 6) is 0.539. The lowest BCUT2D eigenvalue weighted by atomic mass is 10.4. The number of ether oxygens (including phenoxy) is 1. The molecule has 96 valence electrons. The van der Waals surface area contributed by atoms with Gasteiger partial charge in [0.25, 0.3) is 0 Å². The number of hydrogen-bond donors (Lipinski definition) is 1. The minimum absolute atomic E-state index is 0.0229. The second-order valence-electron chi connectivity index (χ2n) is 4.23. The summed E-state index contributed by atoms with van der Waals surface area (Å²) in [7, 11) is 0. The zero-order valence-electron chi connectivity index (χ0n) is 10.9. The average molecular weight is 248 g/mol. The molecule has 2 rings (SSSR count). The number of nitrogens with two attached hydrogens (primary N) is 1. The van der Waals surface area contributed by atoms with E-state index in [0.29, 0.717) is 5.95 Å². The topological polar surface area (TPSA) is 91.7 Å². The van der Waals surface area contributed by atoms with Crippen LogP contribution < -0.4 is 10.5 Å². The van der Waals surface area contributed by atoms with E-state index in [1.165, 1.54) is 0 Å². The van der Waals surface area contributed by atoms with Gasteiger partial charge in [0.15, 0.2) is 0 Å². The Morgan fingerprint density at radius 1 is 1.22 bits per heavy atom. The number of rotatable bonds is 3. The summed E-state index contributed by atoms with van der Waals surface area (Å²) in [6.07, 6.45) is 1.63. The van der Waals surface area contributed by atoms with Gasteiger partial charge in [0.2, 0.25) is 11.9 Å². The van der Waals surface area contributed by atoms with Crippen molar-refractivity contribution in [1.29, 1.82) is 0 Å². The number of imidazole rings is 1. The first-order chi connectivity index (χ1) is 8.47. The molecular formula is C11H16N6O. The van der Waals surface area contributed by atoms with E-state index in [4.69, 9.17) is 10.5 Å². The van der Waals surface area contributed by atoms with Gasteiger partial charge >= 0.3 is 6.01 Å². The molecule has 0 saturated heterocycles. The third kappa shape index (κ3) is 2.39. The van der Waals surface area contributed by atoms with Crippen molar-refractivity contribution in [1.82, 2.24) is 24.5 Å². The van der Waals surface area contributed by atoms with Crippen LogP contribution in [0.1, 0.15) is 25.2 Å². The van der Waals surface area contributed by atoms with Crippen LogP contribution in [0.5, 0.6) is 6.01 Å². The van der Waals surface area contributed by atoms with Crippen LogP contribution in [0.4, 0.5) is 5.95 Å². The van der Waals surface area contributed by atoms with Crippen molar-refractivity contribution < 1.29 is 4.74 Å². The van der Waals surface area contributed by atoms with Gasteiger partial charge in [0.1, 0.15) is 6.33 Å². The predicted molar refractivity (Wildman–Crippen MR) is 66.6 cm³/mol. The molecule has 0 atom stereocenters. The highest BCUT2D eigenvalue weighted by Gasteiger charge is 2.11. The molecule has 2 heterocycles. The van der Waals surface area contributed by atoms with E-state index in [0.717, 1.165) is 11.4 Å². The Kier molecular flexibility index (Phi) is 3.14. The van der Waals surface area contributed by atoms with Crippen molar-refractivity contribution in [2.75, 3.05) is 5.73 Å². The van der Waals surface area contributed by atoms with E-state index in [1.807, 2.05) is 27.7 Å². The molecule has 0 bridgehead atoms. The Balaban J connectivity index is 2.45. The molecule has 0 aliphatic rings. The van der Waals surface area contributed by atoms with Crippen molar-refractivity contribution in [2.45, 2.75) is 33.8 Å². The first-order valence-corrected chi connectivity index (χ1v) is 5.66. The maximum absolute atomic E-state index is 5.65. The molecule has 2 aromatic rings. The smallest absolute Gasteiger partial charge is 0.323 e. The zero-order chi connectivity index (χ0) is 13.3. The highest BCUT2D eigenvalue weighted by molar-refractivity contribution is 5.28. The van der Waals surface area contributed by atoms with Gasteiger partial charge in [-0.05, 0) is 27.7 Å². The van der Waals surface area contributed by atoms with Crippen molar-refractivity contribution in [2.24, 2.45) is 0 Å². The maximum atomic E-state index is 5.65. The largest absolute Gasteiger partial charge is 0.461 e. The highest BCUT2D eigenvalue weighted by Crippen LogP contribution is 2.14. The van der Waals surface area contributed by atoms with E-state index in [9.17, 15) is 0 Å². The third-order valence-corrected chi connectivity index (χ3v) is 2.43. The summed E-state index contributed by atoms with van der Waals surface area (Å²) in [6, 6.07) is 0.221. The fourth-order valence-electron chi connectivity index (χ4n) is 1.43. The number of nitrogen functional groups attached to an aromatic ring is 1. The van der Waals surface area contributed by atoms with Crippen LogP contribution in [0.15, 0.2) is 6.33 Å². The summed E-state index contributed by atoms with van der Waals surface area (Å²) in [5.41, 5.74) is 7.53. The predicted octanol–water partition coefficient (Wildman–Crippen LogP) is 1.04. The monoisotopic (exact) mass is 248 g/mol. The highest BCUT2D eigenvalue weighted by atomic mass is 16.5. The number of aromatic nitrogens is 5. The molecule has 0 amide bonds. The maximum Gasteiger partial charge on any atom is 0.323 e. The first kappa shape index (κ1) is 12.3. The van der Waals surface area contributed by atoms with Crippen LogP contribution in [0.3, 0.4) is 0 Å². The van der Waals surface area contributed by atoms with Crippen LogP contribution in [0, 0.1) is 13.8 Å². The van der Waals surface area contributed by atoms with Gasteiger partial charge in [0, 0.05) is 5.69 Å². The van der Waals surface area contributed by atoms with Crippen LogP contribution in [0.2, 0.25) is 0 Å². The average Bonchev–Trinajstić information content (AvgIpc) is 2.58. The molecule has 0 aromatic carbocycles. The van der Waals surface area contributed by atoms with E-state index >= 15 is 0 Å². The van der Waals surface area contributed by atoms with E-state index in [2.05, 4.69) is 19.9 Å². The number of anilines is 1. The summed E-state index contributed by atoms with van der Waals surface area (Å²) in [4.78, 5) is 16.4. The molecule has 0 aliphatic heterocycles. The standard InChI is InChI=1S/C11H16N6O/c1-6(2)18-11-15-9(12)14-10(16-11)17-5-13-7(3)8(17)4/h5-6H,1-4H3,(H2,12,14,15,16). The van der Waals surface area contributed by atoms with Crippen LogP contribution in [-0.2, 0) is 0 Å². The second-order valence-corrected chi connectivity index (χ2v) is 4.23. The van der Waals surface area contributed by atoms with E-state index in [1.54, 1.807) is 10.9 Å². The minimum Gasteiger partial charge on any atom is -0.461 e. The molecule has 0 spiro atoms. The summed E-state index contributed by atoms with van der Waals surface area (Å²) < 4.78 is 7.18. The lowest BCUT2D eigenvalue weighted by Gasteiger charge is -2.09. The van der Waals surface area contributed by atoms with Gasteiger partial charge in [0.05, 0.1) is 11.8 Å². The Bertz CT molecular complexity index is 563. The molecule has 0 unspecified atom stereocenters. The lowest BCUT2D eigenvalue weighted by molar-refractivity contribution is 0.221. The van der Waals surface area contributed by atoms with Gasteiger partial charge in [-0.3, -0.25) is 4.57 Å². The fraction of sp³-hybridized carbons (Fsp3) is 0.455. The summed E-state index contributed by atoms with van der Waals surface area (Å²) >= 11 is 0. The van der Waals surface area contributed by atoms with Gasteiger partial charge < -0.3 is 10.5 Å². The molecule has 7 nitrogen and oxygen atoms in total. The van der Waals surface area contributed by atoms with Gasteiger partial charge in [-0.15, -0.1) is 0 Å². The molecule has 2 aromatic heterocycles. The van der Waals surface area contributed by atoms with Crippen molar-refractivity contribution in [3.8, 4) is 12.0 Å². The number of hydrogen-bond acceptors (Lipinski definition) is 6. The summed E-state index contributed by atoms with van der Waals surface area (Å²) in [5, 5.41) is 0. The Morgan fingerprint density at radius 3 is 2.50 bits per heavy atom. The molecule has 0 fully saturated rings. The van der Waals surface area contributed by atoms with Crippen LogP contribution in [0.25, 0.3) is 5.95 Å². The molecule has 0 saturated carbocycles. The molecule has 18 heavy (non-hydrogen) atoms. The zero-order valence-corrected chi connectivity index (χ0v) is 10.9. The summed E-state index contributed by atoms with van der Waals surface area (Å²) in [6.45, 7) is 7.64. The Labute approximate surface area is 105 Å². The molecule has 7 heteroatoms. The molecule has 0 radical (unpaired) electrons. The van der Waals surface area contributed by atoms with E-state index in [-0.39, 0.29) is 18.1 Å². The number of aryl methyl sites for hydroxylation is 1. The van der Waals surface area contributed by atoms with Gasteiger partial charge in [-0.25, -0.2) is 4.98 Å². The number of nitrogens with zero attached hydrogens (tertiary/aromatic N) is 5. The van der Waals surface area contributed by atoms with Crippen molar-refractivity contribution >= 4 is 5.95 Å². The van der Waals surface area contributed by atoms with Gasteiger partial charge in [-0.2, -0.15) is 15.0 Å². The second kappa shape index (κ2) is 4.59. The SMILES string of the molecule is Cc1ncn(-c2nc(N)nc(OC(C)C)n2)c1C. The van der Waals surface area contributed by atoms with E-state index < -0.39 is 0 Å². The Morgan fingerprint density at radius 2 is 1.94 bits per heavy atom. The fourth-order valence-corrected chi connectivity index (χ4v) is 1.43. The van der Waals surface area contributed by atoms with Crippen molar-refractivity contribution in [3.05, 3.63) is 17.7 Å². The molecule has 0 aliphatic carbocycles.